The first kappa shape index (κ1) is 14.3. The number of hydrogen-bond donors (Lipinski definition) is 0. The van der Waals surface area contributed by atoms with Gasteiger partial charge < -0.3 is 4.57 Å². The Bertz CT molecular complexity index is 621. The molecule has 1 aliphatic carbocycles. The number of thioether (sulfide) groups is 1. The third-order valence-electron chi connectivity index (χ3n) is 4.47. The third kappa shape index (κ3) is 2.06. The van der Waals surface area contributed by atoms with Gasteiger partial charge >= 0.3 is 0 Å². The maximum atomic E-state index is 6.12. The molecule has 1 saturated carbocycles. The molecule has 0 aromatic carbocycles. The zero-order chi connectivity index (χ0) is 14.3. The van der Waals surface area contributed by atoms with Gasteiger partial charge in [0.1, 0.15) is 11.3 Å². The minimum absolute atomic E-state index is 0.366. The lowest BCUT2D eigenvalue weighted by Gasteiger charge is -2.41. The van der Waals surface area contributed by atoms with Crippen LogP contribution < -0.4 is 0 Å². The number of hydrogen-bond acceptors (Lipinski definition) is 3. The third-order valence-corrected chi connectivity index (χ3v) is 6.11. The van der Waals surface area contributed by atoms with E-state index in [4.69, 9.17) is 16.6 Å². The van der Waals surface area contributed by atoms with Crippen LogP contribution in [0.15, 0.2) is 0 Å². The molecule has 0 amide bonds. The number of alkyl halides is 1. The van der Waals surface area contributed by atoms with Gasteiger partial charge in [0.2, 0.25) is 0 Å². The molecule has 110 valence electrons. The fraction of sp³-hybridized carbons (Fsp3) is 0.714. The van der Waals surface area contributed by atoms with E-state index in [0.29, 0.717) is 10.6 Å². The van der Waals surface area contributed by atoms with Gasteiger partial charge in [-0.05, 0) is 25.5 Å². The Kier molecular flexibility index (Phi) is 3.75. The number of aromatic nitrogens is 4. The normalized spacial score (nSPS) is 17.6. The predicted molar refractivity (Wildman–Crippen MR) is 85.5 cm³/mol. The van der Waals surface area contributed by atoms with Gasteiger partial charge in [-0.25, -0.2) is 4.98 Å². The Morgan fingerprint density at radius 2 is 2.15 bits per heavy atom. The van der Waals surface area contributed by atoms with Crippen LogP contribution in [0.25, 0.3) is 11.2 Å². The molecule has 0 bridgehead atoms. The first-order chi connectivity index (χ1) is 9.64. The molecule has 20 heavy (non-hydrogen) atoms. The molecule has 4 nitrogen and oxygen atoms in total. The van der Waals surface area contributed by atoms with E-state index in [1.54, 1.807) is 0 Å². The van der Waals surface area contributed by atoms with Crippen molar-refractivity contribution in [1.82, 2.24) is 19.3 Å². The largest absolute Gasteiger partial charge is 0.310 e. The molecule has 2 heterocycles. The summed E-state index contributed by atoms with van der Waals surface area (Å²) >= 11 is 8.10. The Morgan fingerprint density at radius 3 is 2.65 bits per heavy atom. The van der Waals surface area contributed by atoms with Crippen molar-refractivity contribution in [3.05, 3.63) is 11.5 Å². The minimum atomic E-state index is 0.366. The molecule has 6 heteroatoms. The number of rotatable bonds is 5. The van der Waals surface area contributed by atoms with Gasteiger partial charge in [0.05, 0.1) is 11.6 Å². The first-order valence-corrected chi connectivity index (χ1v) is 8.92. The molecule has 2 aromatic heterocycles. The molecule has 3 rings (SSSR count). The van der Waals surface area contributed by atoms with Gasteiger partial charge in [-0.15, -0.1) is 11.6 Å². The number of aryl methyl sites for hydroxylation is 2. The van der Waals surface area contributed by atoms with E-state index in [2.05, 4.69) is 22.8 Å². The molecule has 1 fully saturated rings. The van der Waals surface area contributed by atoms with E-state index in [9.17, 15) is 0 Å². The Morgan fingerprint density at radius 1 is 1.40 bits per heavy atom. The molecule has 1 aliphatic rings. The van der Waals surface area contributed by atoms with Gasteiger partial charge in [-0.3, -0.25) is 4.68 Å². The molecule has 0 N–H and O–H groups in total. The van der Waals surface area contributed by atoms with Crippen LogP contribution in [0.4, 0.5) is 0 Å². The van der Waals surface area contributed by atoms with Crippen LogP contribution in [0.3, 0.4) is 0 Å². The van der Waals surface area contributed by atoms with Crippen LogP contribution in [-0.4, -0.2) is 30.3 Å². The summed E-state index contributed by atoms with van der Waals surface area (Å²) < 4.78 is 4.62. The molecule has 0 saturated heterocycles. The number of imidazole rings is 1. The second kappa shape index (κ2) is 5.26. The average Bonchev–Trinajstić information content (AvgIpc) is 2.92. The summed E-state index contributed by atoms with van der Waals surface area (Å²) in [4.78, 5) is 4.74. The zero-order valence-electron chi connectivity index (χ0n) is 12.3. The fourth-order valence-corrected chi connectivity index (χ4v) is 4.24. The molecule has 2 aromatic rings. The number of nitrogens with zero attached hydrogens (tertiary/aromatic N) is 4. The fourth-order valence-electron chi connectivity index (χ4n) is 3.08. The van der Waals surface area contributed by atoms with E-state index in [1.807, 2.05) is 23.5 Å². The molecule has 0 spiro atoms. The van der Waals surface area contributed by atoms with Crippen molar-refractivity contribution in [2.75, 3.05) is 6.26 Å². The van der Waals surface area contributed by atoms with E-state index < -0.39 is 0 Å². The van der Waals surface area contributed by atoms with Gasteiger partial charge in [0.25, 0.3) is 0 Å². The summed E-state index contributed by atoms with van der Waals surface area (Å²) in [5, 5.41) is 4.59. The summed E-state index contributed by atoms with van der Waals surface area (Å²) in [6.45, 7) is 3.12. The first-order valence-electron chi connectivity index (χ1n) is 7.16. The van der Waals surface area contributed by atoms with Gasteiger partial charge in [0.15, 0.2) is 5.65 Å². The Labute approximate surface area is 128 Å². The highest BCUT2D eigenvalue weighted by atomic mass is 35.5. The number of halogens is 1. The van der Waals surface area contributed by atoms with Crippen LogP contribution in [0.1, 0.15) is 37.7 Å². The van der Waals surface area contributed by atoms with Crippen LogP contribution in [0.5, 0.6) is 0 Å². The highest BCUT2D eigenvalue weighted by molar-refractivity contribution is 8.00. The zero-order valence-corrected chi connectivity index (χ0v) is 13.9. The summed E-state index contributed by atoms with van der Waals surface area (Å²) in [6, 6.07) is 0. The summed E-state index contributed by atoms with van der Waals surface area (Å²) in [5.41, 5.74) is 3.22. The van der Waals surface area contributed by atoms with Gasteiger partial charge in [-0.1, -0.05) is 13.3 Å². The maximum absolute atomic E-state index is 6.12. The maximum Gasteiger partial charge on any atom is 0.158 e. The minimum Gasteiger partial charge on any atom is -0.310 e. The standard InChI is InChI=1S/C14H21ClN4S/c1-4-10-12-13(18(2)17-10)19(11(8-15)16-12)9-14(20-3)6-5-7-14/h4-9H2,1-3H3. The molecule has 0 unspecified atom stereocenters. The molecular formula is C14H21ClN4S. The van der Waals surface area contributed by atoms with Crippen molar-refractivity contribution in [3.8, 4) is 0 Å². The quantitative estimate of drug-likeness (QED) is 0.794. The van der Waals surface area contributed by atoms with E-state index in [-0.39, 0.29) is 0 Å². The summed E-state index contributed by atoms with van der Waals surface area (Å²) in [6.07, 6.45) is 7.03. The number of fused-ring (bicyclic) bond motifs is 1. The van der Waals surface area contributed by atoms with Crippen molar-refractivity contribution in [3.63, 3.8) is 0 Å². The van der Waals surface area contributed by atoms with Gasteiger partial charge in [0, 0.05) is 18.3 Å². The molecule has 0 atom stereocenters. The van der Waals surface area contributed by atoms with Crippen molar-refractivity contribution in [2.24, 2.45) is 7.05 Å². The second-order valence-electron chi connectivity index (χ2n) is 5.58. The topological polar surface area (TPSA) is 35.6 Å². The van der Waals surface area contributed by atoms with Crippen molar-refractivity contribution in [1.29, 1.82) is 0 Å². The SMILES string of the molecule is CCc1nn(C)c2c1nc(CCl)n2CC1(SC)CCC1. The van der Waals surface area contributed by atoms with Crippen molar-refractivity contribution in [2.45, 2.75) is 49.8 Å². The van der Waals surface area contributed by atoms with Crippen LogP contribution in [0.2, 0.25) is 0 Å². The summed E-state index contributed by atoms with van der Waals surface area (Å²) in [7, 11) is 2.00. The summed E-state index contributed by atoms with van der Waals surface area (Å²) in [5.74, 6) is 1.44. The van der Waals surface area contributed by atoms with Crippen LogP contribution in [0, 0.1) is 0 Å². The van der Waals surface area contributed by atoms with E-state index in [1.165, 1.54) is 19.3 Å². The lowest BCUT2D eigenvalue weighted by atomic mass is 9.84. The Hall–Kier alpha value is -0.680. The lowest BCUT2D eigenvalue weighted by molar-refractivity contribution is 0.321. The van der Waals surface area contributed by atoms with Gasteiger partial charge in [-0.2, -0.15) is 16.9 Å². The molecule has 0 radical (unpaired) electrons. The van der Waals surface area contributed by atoms with Crippen LogP contribution >= 0.6 is 23.4 Å². The second-order valence-corrected chi connectivity index (χ2v) is 7.13. The molecule has 0 aliphatic heterocycles. The molecular weight excluding hydrogens is 292 g/mol. The monoisotopic (exact) mass is 312 g/mol. The van der Waals surface area contributed by atoms with Crippen LogP contribution in [-0.2, 0) is 25.9 Å². The van der Waals surface area contributed by atoms with Crippen molar-refractivity contribution >= 4 is 34.5 Å². The Balaban J connectivity index is 2.10. The van der Waals surface area contributed by atoms with E-state index in [0.717, 1.165) is 35.6 Å². The van der Waals surface area contributed by atoms with E-state index >= 15 is 0 Å². The predicted octanol–water partition coefficient (Wildman–Crippen LogP) is 3.36. The van der Waals surface area contributed by atoms with Crippen molar-refractivity contribution < 1.29 is 0 Å². The highest BCUT2D eigenvalue weighted by Crippen LogP contribution is 2.44. The highest BCUT2D eigenvalue weighted by Gasteiger charge is 2.37. The average molecular weight is 313 g/mol. The smallest absolute Gasteiger partial charge is 0.158 e. The lowest BCUT2D eigenvalue weighted by Crippen LogP contribution is -2.38.